The minimum Gasteiger partial charge on any atom is -0.809 e. The molecule has 0 saturated carbocycles. The smallest absolute Gasteiger partial charge is 0.0879 e. The van der Waals surface area contributed by atoms with Crippen LogP contribution in [0.3, 0.4) is 0 Å². The molecule has 0 aromatic carbocycles. The van der Waals surface area contributed by atoms with E-state index < -0.39 is 99.1 Å². The average Bonchev–Trinajstić information content (AvgIpc) is 3.25. The Balaban J connectivity index is -0.000000219. The van der Waals surface area contributed by atoms with Crippen molar-refractivity contribution in [2.75, 3.05) is 0 Å². The topological polar surface area (TPSA) is 126 Å². The Morgan fingerprint density at radius 1 is 0.290 bits per heavy atom. The van der Waals surface area contributed by atoms with Gasteiger partial charge in [0.05, 0.1) is 4.86 Å². The second kappa shape index (κ2) is 59.1. The molecule has 374 valence electrons. The minimum atomic E-state index is -5.50. The molecule has 0 spiro atoms. The molecule has 0 unspecified atom stereocenters. The Morgan fingerprint density at radius 3 is 0.435 bits per heavy atom. The van der Waals surface area contributed by atoms with Gasteiger partial charge in [0.15, 0.2) is 0 Å². The van der Waals surface area contributed by atoms with Crippen molar-refractivity contribution in [3.8, 4) is 0 Å². The third kappa shape index (κ3) is 61.8. The molecule has 0 aliphatic carbocycles. The van der Waals surface area contributed by atoms with Crippen LogP contribution in [0.4, 0.5) is 0 Å². The van der Waals surface area contributed by atoms with Gasteiger partial charge < -0.3 is 28.7 Å². The Bertz CT molecular complexity index is 724. The van der Waals surface area contributed by atoms with Gasteiger partial charge in [-0.05, 0) is 15.2 Å². The van der Waals surface area contributed by atoms with Crippen molar-refractivity contribution in [3.05, 3.63) is 0 Å². The van der Waals surface area contributed by atoms with Crippen LogP contribution in [-0.2, 0) is 9.13 Å². The summed E-state index contributed by atoms with van der Waals surface area (Å²) in [5.41, 5.74) is 0. The number of unbranched alkanes of at least 4 members (excludes halogenated alkanes) is 12. The van der Waals surface area contributed by atoms with E-state index in [4.69, 9.17) is 0 Å². The first-order valence-electron chi connectivity index (χ1n) is 26.6. The Kier molecular flexibility index (Phi) is 71.2. The fraction of sp³-hybridized carbons (Fsp3) is 1.00. The molecule has 0 aromatic rings. The van der Waals surface area contributed by atoms with E-state index in [0.29, 0.717) is 0 Å². The van der Waals surface area contributed by atoms with Gasteiger partial charge in [0.25, 0.3) is 0 Å². The zero-order valence-electron chi connectivity index (χ0n) is 43.8. The van der Waals surface area contributed by atoms with Crippen molar-refractivity contribution in [1.29, 1.82) is 0 Å². The Hall–Kier alpha value is 3.78. The van der Waals surface area contributed by atoms with Crippen LogP contribution >= 0.6 is 26.8 Å². The SMILES string of the molecule is CCC[CH2][Sn+]([CH2]CCC)[CH2]CCC.CCC[CH2][Sn+]([CH2]CCC)[CH2]CCC.CCC[CH2][Sn+]([CH2]CCC)[CH2]CCC.CCC[CH2][Sn+]([CH2]CCC)[CH2]CCC.O=P([O-])([O-])C(Cl)P(=O)([O-])[O-]. The average molecular weight is 1370 g/mol. The summed E-state index contributed by atoms with van der Waals surface area (Å²) >= 11 is 1.10. The molecule has 0 aromatic heterocycles. The fourth-order valence-corrected chi connectivity index (χ4v) is 46.0. The molecule has 0 saturated heterocycles. The second-order valence-electron chi connectivity index (χ2n) is 17.6. The molecular weight excluding hydrogens is 1260 g/mol. The van der Waals surface area contributed by atoms with Crippen LogP contribution in [0.25, 0.3) is 0 Å². The zero-order valence-corrected chi connectivity index (χ0v) is 57.7. The van der Waals surface area contributed by atoms with Crippen LogP contribution in [0, 0.1) is 0 Å². The van der Waals surface area contributed by atoms with E-state index >= 15 is 0 Å². The molecule has 6 nitrogen and oxygen atoms in total. The number of halogens is 1. The van der Waals surface area contributed by atoms with Gasteiger partial charge >= 0.3 is 369 Å². The van der Waals surface area contributed by atoms with Gasteiger partial charge in [0.2, 0.25) is 0 Å². The van der Waals surface area contributed by atoms with E-state index in [0.717, 1.165) is 0 Å². The normalized spacial score (nSPS) is 11.0. The summed E-state index contributed by atoms with van der Waals surface area (Å²) in [5, 5.41) is 0. The molecule has 0 aliphatic heterocycles. The summed E-state index contributed by atoms with van der Waals surface area (Å²) in [6.07, 6.45) is 35.4. The summed E-state index contributed by atoms with van der Waals surface area (Å²) in [5.74, 6) is 0. The van der Waals surface area contributed by atoms with Gasteiger partial charge in [-0.2, -0.15) is 0 Å². The molecular formula is C49H109ClO6P2Sn4. The summed E-state index contributed by atoms with van der Waals surface area (Å²) in [6.45, 7) is 28.0. The van der Waals surface area contributed by atoms with E-state index in [-0.39, 0.29) is 0 Å². The number of hydrogen-bond acceptors (Lipinski definition) is 6. The van der Waals surface area contributed by atoms with Crippen LogP contribution in [0.15, 0.2) is 0 Å². The van der Waals surface area contributed by atoms with Gasteiger partial charge in [0.1, 0.15) is 0 Å². The van der Waals surface area contributed by atoms with E-state index in [1.165, 1.54) is 154 Å². The number of alkyl halides is 1. The predicted molar refractivity (Wildman–Crippen MR) is 284 cm³/mol. The van der Waals surface area contributed by atoms with Crippen LogP contribution in [-0.4, -0.2) is 83.9 Å². The summed E-state index contributed by atoms with van der Waals surface area (Å²) in [7, 11) is -11.0. The van der Waals surface area contributed by atoms with E-state index in [1.807, 2.05) is 0 Å². The van der Waals surface area contributed by atoms with Crippen LogP contribution in [0.5, 0.6) is 0 Å². The molecule has 0 rings (SSSR count). The van der Waals surface area contributed by atoms with Crippen molar-refractivity contribution < 1.29 is 28.7 Å². The molecule has 0 bridgehead atoms. The largest absolute Gasteiger partial charge is 0.809 e. The van der Waals surface area contributed by atoms with E-state index in [1.54, 1.807) is 53.2 Å². The van der Waals surface area contributed by atoms with Gasteiger partial charge in [-0.3, -0.25) is 0 Å². The molecule has 0 fully saturated rings. The van der Waals surface area contributed by atoms with Gasteiger partial charge in [-0.25, -0.2) is 0 Å². The van der Waals surface area contributed by atoms with Crippen molar-refractivity contribution in [1.82, 2.24) is 0 Å². The van der Waals surface area contributed by atoms with Gasteiger partial charge in [-0.15, -0.1) is 11.6 Å². The van der Waals surface area contributed by atoms with Crippen molar-refractivity contribution in [2.45, 2.75) is 295 Å². The number of hydrogen-bond donors (Lipinski definition) is 0. The predicted octanol–water partition coefficient (Wildman–Crippen LogP) is 16.9. The molecule has 13 heteroatoms. The maximum Gasteiger partial charge on any atom is 0.0879 e. The maximum atomic E-state index is 9.75. The maximum absolute atomic E-state index is 9.75. The third-order valence-corrected chi connectivity index (χ3v) is 51.6. The third-order valence-electron chi connectivity index (χ3n) is 11.1. The van der Waals surface area contributed by atoms with E-state index in [2.05, 4.69) is 94.7 Å². The van der Waals surface area contributed by atoms with Crippen LogP contribution in [0.1, 0.15) is 237 Å². The monoisotopic (exact) mass is 1370 g/mol. The van der Waals surface area contributed by atoms with Gasteiger partial charge in [-0.1, -0.05) is 0 Å². The first kappa shape index (κ1) is 74.7. The minimum absolute atomic E-state index is 0.839. The summed E-state index contributed by atoms with van der Waals surface area (Å²) < 4.78 is 39.6. The standard InChI is InChI=1S/12C4H9.CH5ClO6P2.4Sn/c12*1-3-4-2;2-1(9(3,4)5)10(6,7)8;;;;/h12*1,3-4H2,2H3;1H,(H2,3,4,5)(H2,6,7,8);;;;/q;;;;;;;;;;;;;4*+1/p-4. The molecule has 0 radical (unpaired) electrons. The first-order valence-corrected chi connectivity index (χ1v) is 54.4. The molecule has 62 heavy (non-hydrogen) atoms. The summed E-state index contributed by atoms with van der Waals surface area (Å²) in [6, 6.07) is 0. The second-order valence-corrected chi connectivity index (χ2v) is 56.5. The first-order chi connectivity index (χ1) is 29.5. The van der Waals surface area contributed by atoms with Crippen LogP contribution < -0.4 is 19.6 Å². The van der Waals surface area contributed by atoms with Gasteiger partial charge in [0, 0.05) is 0 Å². The fourth-order valence-electron chi connectivity index (χ4n) is 6.79. The van der Waals surface area contributed by atoms with E-state index in [9.17, 15) is 28.7 Å². The Labute approximate surface area is 425 Å². The van der Waals surface area contributed by atoms with Crippen molar-refractivity contribution in [3.63, 3.8) is 0 Å². The molecule has 0 atom stereocenters. The number of rotatable bonds is 38. The molecule has 0 amide bonds. The molecule has 0 heterocycles. The van der Waals surface area contributed by atoms with Crippen molar-refractivity contribution >= 4 is 106 Å². The molecule has 0 aliphatic rings. The van der Waals surface area contributed by atoms with Crippen molar-refractivity contribution in [2.24, 2.45) is 0 Å². The Morgan fingerprint density at radius 2 is 0.387 bits per heavy atom. The quantitative estimate of drug-likeness (QED) is 0.0344. The molecule has 0 N–H and O–H groups in total. The summed E-state index contributed by atoms with van der Waals surface area (Å²) in [4.78, 5) is 36.1. The van der Waals surface area contributed by atoms with Crippen LogP contribution in [0.2, 0.25) is 53.2 Å². The zero-order chi connectivity index (χ0) is 48.3.